The van der Waals surface area contributed by atoms with E-state index >= 15 is 0 Å². The van der Waals surface area contributed by atoms with Crippen LogP contribution < -0.4 is 5.32 Å². The predicted molar refractivity (Wildman–Crippen MR) is 55.5 cm³/mol. The van der Waals surface area contributed by atoms with E-state index in [9.17, 15) is 5.11 Å². The zero-order chi connectivity index (χ0) is 9.14. The summed E-state index contributed by atoms with van der Waals surface area (Å²) >= 11 is 5.02. The molecule has 4 heteroatoms. The van der Waals surface area contributed by atoms with Crippen LogP contribution in [-0.4, -0.2) is 18.3 Å². The van der Waals surface area contributed by atoms with Gasteiger partial charge in [0, 0.05) is 14.7 Å². The smallest absolute Gasteiger partial charge is 0.0714 e. The van der Waals surface area contributed by atoms with Crippen LogP contribution in [0.1, 0.15) is 17.8 Å². The zero-order valence-electron chi connectivity index (χ0n) is 7.04. The molecule has 0 radical (unpaired) electrons. The van der Waals surface area contributed by atoms with Gasteiger partial charge in [0.1, 0.15) is 0 Å². The number of nitrogens with one attached hydrogen (secondary N) is 1. The maximum Gasteiger partial charge on any atom is 0.0714 e. The quantitative estimate of drug-likeness (QED) is 0.861. The Morgan fingerprint density at radius 3 is 2.67 bits per heavy atom. The summed E-state index contributed by atoms with van der Waals surface area (Å²) in [6.07, 6.45) is -0.361. The van der Waals surface area contributed by atoms with Crippen molar-refractivity contribution in [2.24, 2.45) is 0 Å². The molecule has 0 aliphatic carbocycles. The second kappa shape index (κ2) is 4.37. The lowest BCUT2D eigenvalue weighted by Gasteiger charge is -2.16. The van der Waals surface area contributed by atoms with Crippen molar-refractivity contribution in [2.75, 3.05) is 7.05 Å². The van der Waals surface area contributed by atoms with E-state index in [0.29, 0.717) is 0 Å². The Kier molecular flexibility index (Phi) is 3.71. The van der Waals surface area contributed by atoms with Crippen molar-refractivity contribution >= 4 is 27.3 Å². The first-order valence-electron chi connectivity index (χ1n) is 3.74. The molecule has 1 heterocycles. The normalized spacial score (nSPS) is 16.0. The Morgan fingerprint density at radius 2 is 2.33 bits per heavy atom. The highest BCUT2D eigenvalue weighted by atomic mass is 79.9. The fourth-order valence-corrected chi connectivity index (χ4v) is 2.76. The highest BCUT2D eigenvalue weighted by Crippen LogP contribution is 2.27. The van der Waals surface area contributed by atoms with Crippen molar-refractivity contribution in [3.63, 3.8) is 0 Å². The van der Waals surface area contributed by atoms with Crippen LogP contribution in [0.25, 0.3) is 0 Å². The van der Waals surface area contributed by atoms with E-state index in [4.69, 9.17) is 0 Å². The molecule has 0 aromatic carbocycles. The Hall–Kier alpha value is 0.1000. The van der Waals surface area contributed by atoms with Crippen molar-refractivity contribution in [3.8, 4) is 0 Å². The molecular formula is C8H12BrNOS. The van der Waals surface area contributed by atoms with Crippen molar-refractivity contribution in [1.82, 2.24) is 5.32 Å². The standard InChI is InChI=1S/C8H12BrNOS/c1-5(11)8(10-2)7-3-6(9)4-12-7/h3-5,8,10-11H,1-2H3. The highest BCUT2D eigenvalue weighted by Gasteiger charge is 2.16. The number of thiophene rings is 1. The topological polar surface area (TPSA) is 32.3 Å². The number of likely N-dealkylation sites (N-methyl/N-ethyl adjacent to an activating group) is 1. The van der Waals surface area contributed by atoms with Crippen molar-refractivity contribution < 1.29 is 5.11 Å². The summed E-state index contributed by atoms with van der Waals surface area (Å²) < 4.78 is 1.07. The van der Waals surface area contributed by atoms with Gasteiger partial charge < -0.3 is 10.4 Å². The Labute approximate surface area is 84.7 Å². The minimum Gasteiger partial charge on any atom is -0.391 e. The van der Waals surface area contributed by atoms with Gasteiger partial charge in [-0.05, 0) is 36.0 Å². The Balaban J connectivity index is 2.80. The number of hydrogen-bond donors (Lipinski definition) is 2. The summed E-state index contributed by atoms with van der Waals surface area (Å²) in [4.78, 5) is 1.15. The highest BCUT2D eigenvalue weighted by molar-refractivity contribution is 9.10. The van der Waals surface area contributed by atoms with E-state index in [1.54, 1.807) is 18.3 Å². The maximum absolute atomic E-state index is 9.40. The third-order valence-electron chi connectivity index (χ3n) is 1.69. The molecule has 68 valence electrons. The molecule has 1 rings (SSSR count). The molecule has 1 aromatic rings. The number of hydrogen-bond acceptors (Lipinski definition) is 3. The summed E-state index contributed by atoms with van der Waals surface area (Å²) in [5.41, 5.74) is 0. The number of aliphatic hydroxyl groups is 1. The molecule has 2 atom stereocenters. The van der Waals surface area contributed by atoms with Crippen LogP contribution in [0.3, 0.4) is 0 Å². The summed E-state index contributed by atoms with van der Waals surface area (Å²) in [5, 5.41) is 14.5. The molecule has 2 N–H and O–H groups in total. The van der Waals surface area contributed by atoms with Crippen LogP contribution in [0.5, 0.6) is 0 Å². The molecule has 1 aromatic heterocycles. The molecule has 0 aliphatic heterocycles. The number of rotatable bonds is 3. The van der Waals surface area contributed by atoms with Gasteiger partial charge in [0.05, 0.1) is 12.1 Å². The molecule has 0 aliphatic rings. The van der Waals surface area contributed by atoms with Gasteiger partial charge in [0.25, 0.3) is 0 Å². The van der Waals surface area contributed by atoms with Crippen LogP contribution in [0.2, 0.25) is 0 Å². The second-order valence-corrected chi connectivity index (χ2v) is 4.53. The van der Waals surface area contributed by atoms with Crippen LogP contribution in [-0.2, 0) is 0 Å². The van der Waals surface area contributed by atoms with Crippen molar-refractivity contribution in [3.05, 3.63) is 20.8 Å². The molecule has 0 amide bonds. The lowest BCUT2D eigenvalue weighted by Crippen LogP contribution is -2.26. The fourth-order valence-electron chi connectivity index (χ4n) is 1.11. The first-order chi connectivity index (χ1) is 5.65. The first-order valence-corrected chi connectivity index (χ1v) is 5.41. The van der Waals surface area contributed by atoms with Gasteiger partial charge in [0.15, 0.2) is 0 Å². The lowest BCUT2D eigenvalue weighted by atomic mass is 10.1. The van der Waals surface area contributed by atoms with E-state index in [2.05, 4.69) is 21.2 Å². The minimum absolute atomic E-state index is 0.0429. The molecule has 0 bridgehead atoms. The van der Waals surface area contributed by atoms with Crippen LogP contribution in [0.15, 0.2) is 15.9 Å². The Morgan fingerprint density at radius 1 is 1.67 bits per heavy atom. The van der Waals surface area contributed by atoms with E-state index in [-0.39, 0.29) is 12.1 Å². The van der Waals surface area contributed by atoms with Gasteiger partial charge in [-0.25, -0.2) is 0 Å². The van der Waals surface area contributed by atoms with Crippen LogP contribution in [0.4, 0.5) is 0 Å². The largest absolute Gasteiger partial charge is 0.391 e. The summed E-state index contributed by atoms with van der Waals surface area (Å²) in [7, 11) is 1.85. The lowest BCUT2D eigenvalue weighted by molar-refractivity contribution is 0.151. The average Bonchev–Trinajstić information content (AvgIpc) is 2.37. The molecule has 12 heavy (non-hydrogen) atoms. The number of halogens is 1. The van der Waals surface area contributed by atoms with Gasteiger partial charge in [-0.1, -0.05) is 0 Å². The Bertz CT molecular complexity index is 249. The van der Waals surface area contributed by atoms with Gasteiger partial charge in [0.2, 0.25) is 0 Å². The van der Waals surface area contributed by atoms with E-state index in [1.165, 1.54) is 0 Å². The van der Waals surface area contributed by atoms with E-state index < -0.39 is 0 Å². The maximum atomic E-state index is 9.40. The molecule has 0 spiro atoms. The zero-order valence-corrected chi connectivity index (χ0v) is 9.45. The van der Waals surface area contributed by atoms with E-state index in [0.717, 1.165) is 9.35 Å². The molecule has 2 nitrogen and oxygen atoms in total. The number of aliphatic hydroxyl groups excluding tert-OH is 1. The minimum atomic E-state index is -0.361. The monoisotopic (exact) mass is 249 g/mol. The molecule has 0 saturated carbocycles. The molecular weight excluding hydrogens is 238 g/mol. The van der Waals surface area contributed by atoms with Crippen molar-refractivity contribution in [1.29, 1.82) is 0 Å². The SMILES string of the molecule is CNC(c1cc(Br)cs1)C(C)O. The van der Waals surface area contributed by atoms with Gasteiger partial charge in [-0.2, -0.15) is 0 Å². The molecule has 0 saturated heterocycles. The predicted octanol–water partition coefficient (Wildman–Crippen LogP) is 2.15. The van der Waals surface area contributed by atoms with Crippen LogP contribution in [0, 0.1) is 0 Å². The van der Waals surface area contributed by atoms with E-state index in [1.807, 2.05) is 18.5 Å². The summed E-state index contributed by atoms with van der Waals surface area (Å²) in [6.45, 7) is 1.79. The second-order valence-electron chi connectivity index (χ2n) is 2.67. The van der Waals surface area contributed by atoms with Crippen LogP contribution >= 0.6 is 27.3 Å². The third kappa shape index (κ3) is 2.29. The fraction of sp³-hybridized carbons (Fsp3) is 0.500. The average molecular weight is 250 g/mol. The first kappa shape index (κ1) is 10.2. The van der Waals surface area contributed by atoms with Gasteiger partial charge in [-0.3, -0.25) is 0 Å². The van der Waals surface area contributed by atoms with Crippen molar-refractivity contribution in [2.45, 2.75) is 19.1 Å². The summed E-state index contributed by atoms with van der Waals surface area (Å²) in [5.74, 6) is 0. The van der Waals surface area contributed by atoms with Gasteiger partial charge in [-0.15, -0.1) is 11.3 Å². The summed E-state index contributed by atoms with van der Waals surface area (Å²) in [6, 6.07) is 2.07. The third-order valence-corrected chi connectivity index (χ3v) is 3.46. The molecule has 0 fully saturated rings. The molecule has 2 unspecified atom stereocenters. The van der Waals surface area contributed by atoms with Gasteiger partial charge >= 0.3 is 0 Å².